The molecule has 0 N–H and O–H groups in total. The van der Waals surface area contributed by atoms with E-state index in [1.807, 2.05) is 0 Å². The van der Waals surface area contributed by atoms with Crippen molar-refractivity contribution in [1.82, 2.24) is 0 Å². The summed E-state index contributed by atoms with van der Waals surface area (Å²) in [6.07, 6.45) is 6.46. The van der Waals surface area contributed by atoms with E-state index in [0.29, 0.717) is 17.5 Å². The number of hydrogen-bond acceptors (Lipinski definition) is 1. The Morgan fingerprint density at radius 2 is 2.29 bits per heavy atom. The minimum atomic E-state index is -0.361. The lowest BCUT2D eigenvalue weighted by molar-refractivity contribution is 0.297. The highest BCUT2D eigenvalue weighted by molar-refractivity contribution is 9.10. The van der Waals surface area contributed by atoms with Crippen molar-refractivity contribution in [3.63, 3.8) is 0 Å². The average Bonchev–Trinajstić information content (AvgIpc) is 2.15. The zero-order valence-corrected chi connectivity index (χ0v) is 9.18. The van der Waals surface area contributed by atoms with Crippen molar-refractivity contribution in [2.75, 3.05) is 6.61 Å². The quantitative estimate of drug-likeness (QED) is 0.593. The van der Waals surface area contributed by atoms with E-state index in [-0.39, 0.29) is 11.6 Å². The van der Waals surface area contributed by atoms with Gasteiger partial charge in [0.05, 0.1) is 6.61 Å². The van der Waals surface area contributed by atoms with Crippen molar-refractivity contribution in [1.29, 1.82) is 0 Å². The molecule has 0 unspecified atom stereocenters. The standard InChI is InChI=1S/C11H10BrFO/c1-2-3-4-7-14-11-6-5-9(12)8-10(11)13/h1,5-6,8H,3-4,7H2. The fourth-order valence-corrected chi connectivity index (χ4v) is 1.28. The number of unbranched alkanes of at least 4 members (excludes halogenated alkanes) is 1. The van der Waals surface area contributed by atoms with Gasteiger partial charge in [-0.1, -0.05) is 15.9 Å². The molecule has 0 aliphatic carbocycles. The molecule has 0 spiro atoms. The molecule has 0 aliphatic rings. The van der Waals surface area contributed by atoms with Crippen molar-refractivity contribution in [2.24, 2.45) is 0 Å². The maximum atomic E-state index is 13.2. The highest BCUT2D eigenvalue weighted by Gasteiger charge is 2.02. The molecular formula is C11H10BrFO. The molecule has 74 valence electrons. The van der Waals surface area contributed by atoms with Crippen LogP contribution in [0.4, 0.5) is 4.39 Å². The lowest BCUT2D eigenvalue weighted by atomic mass is 10.3. The largest absolute Gasteiger partial charge is 0.490 e. The fourth-order valence-electron chi connectivity index (χ4n) is 0.949. The van der Waals surface area contributed by atoms with Crippen LogP contribution in [-0.4, -0.2) is 6.61 Å². The first-order valence-corrected chi connectivity index (χ1v) is 5.04. The van der Waals surface area contributed by atoms with Crippen molar-refractivity contribution >= 4 is 15.9 Å². The summed E-state index contributed by atoms with van der Waals surface area (Å²) in [5.74, 6) is 2.40. The zero-order valence-electron chi connectivity index (χ0n) is 7.59. The van der Waals surface area contributed by atoms with E-state index in [1.54, 1.807) is 12.1 Å². The minimum Gasteiger partial charge on any atom is -0.490 e. The molecule has 1 aromatic carbocycles. The third-order valence-corrected chi connectivity index (χ3v) is 2.11. The summed E-state index contributed by atoms with van der Waals surface area (Å²) in [5.41, 5.74) is 0. The molecule has 14 heavy (non-hydrogen) atoms. The Morgan fingerprint density at radius 1 is 1.50 bits per heavy atom. The summed E-state index contributed by atoms with van der Waals surface area (Å²) < 4.78 is 19.1. The third-order valence-electron chi connectivity index (χ3n) is 1.62. The van der Waals surface area contributed by atoms with Crippen molar-refractivity contribution in [2.45, 2.75) is 12.8 Å². The van der Waals surface area contributed by atoms with E-state index < -0.39 is 0 Å². The van der Waals surface area contributed by atoms with Gasteiger partial charge in [0.15, 0.2) is 11.6 Å². The molecule has 0 saturated carbocycles. The molecule has 0 saturated heterocycles. The third kappa shape index (κ3) is 3.39. The van der Waals surface area contributed by atoms with E-state index >= 15 is 0 Å². The van der Waals surface area contributed by atoms with E-state index in [4.69, 9.17) is 11.2 Å². The van der Waals surface area contributed by atoms with Gasteiger partial charge >= 0.3 is 0 Å². The van der Waals surface area contributed by atoms with Gasteiger partial charge < -0.3 is 4.74 Å². The first kappa shape index (κ1) is 11.1. The Hall–Kier alpha value is -1.01. The summed E-state index contributed by atoms with van der Waals surface area (Å²) in [6.45, 7) is 0.447. The second kappa shape index (κ2) is 5.66. The minimum absolute atomic E-state index is 0.269. The Morgan fingerprint density at radius 3 is 2.93 bits per heavy atom. The Kier molecular flexibility index (Phi) is 4.48. The SMILES string of the molecule is C#CCCCOc1ccc(Br)cc1F. The van der Waals surface area contributed by atoms with Gasteiger partial charge in [0.2, 0.25) is 0 Å². The van der Waals surface area contributed by atoms with Crippen LogP contribution in [0.15, 0.2) is 22.7 Å². The molecule has 0 fully saturated rings. The predicted octanol–water partition coefficient (Wildman–Crippen LogP) is 3.38. The van der Waals surface area contributed by atoms with E-state index in [0.717, 1.165) is 6.42 Å². The van der Waals surface area contributed by atoms with E-state index in [1.165, 1.54) is 6.07 Å². The monoisotopic (exact) mass is 256 g/mol. The molecule has 0 amide bonds. The van der Waals surface area contributed by atoms with Gasteiger partial charge in [0.1, 0.15) is 0 Å². The summed E-state index contributed by atoms with van der Waals surface area (Å²) in [7, 11) is 0. The highest BCUT2D eigenvalue weighted by atomic mass is 79.9. The number of hydrogen-bond donors (Lipinski definition) is 0. The number of halogens is 2. The van der Waals surface area contributed by atoms with Gasteiger partial charge in [-0.3, -0.25) is 0 Å². The van der Waals surface area contributed by atoms with Crippen LogP contribution >= 0.6 is 15.9 Å². The second-order valence-corrected chi connectivity index (χ2v) is 3.65. The van der Waals surface area contributed by atoms with Gasteiger partial charge in [-0.25, -0.2) is 4.39 Å². The van der Waals surface area contributed by atoms with Crippen LogP contribution in [0.2, 0.25) is 0 Å². The molecule has 0 aliphatic heterocycles. The maximum Gasteiger partial charge on any atom is 0.166 e. The Labute approximate surface area is 91.4 Å². The van der Waals surface area contributed by atoms with Gasteiger partial charge in [-0.2, -0.15) is 0 Å². The number of rotatable bonds is 4. The molecular weight excluding hydrogens is 247 g/mol. The summed E-state index contributed by atoms with van der Waals surface area (Å²) in [4.78, 5) is 0. The number of terminal acetylenes is 1. The van der Waals surface area contributed by atoms with Gasteiger partial charge in [-0.15, -0.1) is 12.3 Å². The smallest absolute Gasteiger partial charge is 0.166 e. The molecule has 1 aromatic rings. The molecule has 1 rings (SSSR count). The topological polar surface area (TPSA) is 9.23 Å². The Bertz CT molecular complexity index is 344. The van der Waals surface area contributed by atoms with Crippen LogP contribution in [0, 0.1) is 18.2 Å². The predicted molar refractivity (Wildman–Crippen MR) is 57.7 cm³/mol. The summed E-state index contributed by atoms with van der Waals surface area (Å²) in [5, 5.41) is 0. The van der Waals surface area contributed by atoms with Crippen LogP contribution in [-0.2, 0) is 0 Å². The summed E-state index contributed by atoms with van der Waals surface area (Å²) >= 11 is 3.17. The van der Waals surface area contributed by atoms with Gasteiger partial charge in [-0.05, 0) is 24.6 Å². The highest BCUT2D eigenvalue weighted by Crippen LogP contribution is 2.21. The van der Waals surface area contributed by atoms with Gasteiger partial charge in [0.25, 0.3) is 0 Å². The fraction of sp³-hybridized carbons (Fsp3) is 0.273. The maximum absolute atomic E-state index is 13.2. The van der Waals surface area contributed by atoms with Crippen molar-refractivity contribution < 1.29 is 9.13 Å². The first-order chi connectivity index (χ1) is 6.74. The van der Waals surface area contributed by atoms with Crippen molar-refractivity contribution in [3.8, 4) is 18.1 Å². The molecule has 3 heteroatoms. The molecule has 1 nitrogen and oxygen atoms in total. The number of benzene rings is 1. The molecule has 0 heterocycles. The normalized spacial score (nSPS) is 9.50. The molecule has 0 bridgehead atoms. The zero-order chi connectivity index (χ0) is 10.4. The van der Waals surface area contributed by atoms with Gasteiger partial charge in [0, 0.05) is 10.9 Å². The molecule has 0 aromatic heterocycles. The van der Waals surface area contributed by atoms with E-state index in [9.17, 15) is 4.39 Å². The lowest BCUT2D eigenvalue weighted by Gasteiger charge is -2.05. The van der Waals surface area contributed by atoms with E-state index in [2.05, 4.69) is 21.9 Å². The van der Waals surface area contributed by atoms with Crippen LogP contribution in [0.1, 0.15) is 12.8 Å². The van der Waals surface area contributed by atoms with Crippen LogP contribution < -0.4 is 4.74 Å². The molecule has 0 atom stereocenters. The van der Waals surface area contributed by atoms with Crippen LogP contribution in [0.25, 0.3) is 0 Å². The summed E-state index contributed by atoms with van der Waals surface area (Å²) in [6, 6.07) is 4.70. The van der Waals surface area contributed by atoms with Crippen LogP contribution in [0.5, 0.6) is 5.75 Å². The second-order valence-electron chi connectivity index (χ2n) is 2.73. The average molecular weight is 257 g/mol. The Balaban J connectivity index is 2.47. The number of ether oxygens (including phenoxy) is 1. The lowest BCUT2D eigenvalue weighted by Crippen LogP contribution is -1.98. The van der Waals surface area contributed by atoms with Crippen LogP contribution in [0.3, 0.4) is 0 Å². The van der Waals surface area contributed by atoms with Crippen molar-refractivity contribution in [3.05, 3.63) is 28.5 Å². The first-order valence-electron chi connectivity index (χ1n) is 4.25. The molecule has 0 radical (unpaired) electrons.